The van der Waals surface area contributed by atoms with Crippen molar-refractivity contribution in [1.29, 1.82) is 0 Å². The zero-order valence-corrected chi connectivity index (χ0v) is 38.1. The third kappa shape index (κ3) is 31.2. The lowest BCUT2D eigenvalue weighted by molar-refractivity contribution is -0.302. The molecule has 0 aromatic heterocycles. The number of carbonyl (C=O) groups excluding carboxylic acids is 1. The summed E-state index contributed by atoms with van der Waals surface area (Å²) in [6.07, 6.45) is 56.9. The predicted octanol–water partition coefficient (Wildman–Crippen LogP) is 10.2. The third-order valence-electron chi connectivity index (χ3n) is 9.98. The Morgan fingerprint density at radius 3 is 1.45 bits per heavy atom. The molecule has 0 aliphatic carbocycles. The lowest BCUT2D eigenvalue weighted by Crippen LogP contribution is -2.60. The summed E-state index contributed by atoms with van der Waals surface area (Å²) < 4.78 is 11.1. The molecule has 0 bridgehead atoms. The van der Waals surface area contributed by atoms with Crippen molar-refractivity contribution in [3.8, 4) is 0 Å². The molecule has 1 rings (SSSR count). The zero-order chi connectivity index (χ0) is 45.1. The molecule has 1 amide bonds. The van der Waals surface area contributed by atoms with Crippen molar-refractivity contribution >= 4 is 5.91 Å². The van der Waals surface area contributed by atoms with Gasteiger partial charge in [0.1, 0.15) is 24.4 Å². The van der Waals surface area contributed by atoms with E-state index in [0.29, 0.717) is 6.42 Å². The van der Waals surface area contributed by atoms with E-state index in [9.17, 15) is 30.3 Å². The first-order valence-corrected chi connectivity index (χ1v) is 23.4. The Kier molecular flexibility index (Phi) is 37.6. The Hall–Kier alpha value is -3.67. The molecule has 7 unspecified atom stereocenters. The van der Waals surface area contributed by atoms with Gasteiger partial charge in [0.05, 0.1) is 25.4 Å². The molecule has 0 spiro atoms. The number of hydrogen-bond acceptors (Lipinski definition) is 8. The van der Waals surface area contributed by atoms with Crippen LogP contribution in [0.5, 0.6) is 0 Å². The van der Waals surface area contributed by atoms with E-state index in [4.69, 9.17) is 9.47 Å². The van der Waals surface area contributed by atoms with Crippen LogP contribution in [0.3, 0.4) is 0 Å². The minimum Gasteiger partial charge on any atom is -0.394 e. The third-order valence-corrected chi connectivity index (χ3v) is 9.98. The number of allylic oxidation sites excluding steroid dienone is 21. The fourth-order valence-electron chi connectivity index (χ4n) is 6.24. The number of carbonyl (C=O) groups is 1. The minimum absolute atomic E-state index is 0.218. The van der Waals surface area contributed by atoms with E-state index in [-0.39, 0.29) is 18.9 Å². The van der Waals surface area contributed by atoms with E-state index < -0.39 is 49.5 Å². The molecule has 0 radical (unpaired) electrons. The summed E-state index contributed by atoms with van der Waals surface area (Å²) in [7, 11) is 0. The molecule has 0 aromatic carbocycles. The van der Waals surface area contributed by atoms with Gasteiger partial charge in [0.2, 0.25) is 5.91 Å². The average Bonchev–Trinajstić information content (AvgIpc) is 3.27. The van der Waals surface area contributed by atoms with Gasteiger partial charge in [-0.2, -0.15) is 0 Å². The summed E-state index contributed by atoms with van der Waals surface area (Å²) in [4.78, 5) is 12.9. The van der Waals surface area contributed by atoms with Crippen molar-refractivity contribution in [2.75, 3.05) is 13.2 Å². The highest BCUT2D eigenvalue weighted by Crippen LogP contribution is 2.22. The van der Waals surface area contributed by atoms with Crippen molar-refractivity contribution in [3.63, 3.8) is 0 Å². The monoisotopic (exact) mass is 862 g/mol. The predicted molar refractivity (Wildman–Crippen MR) is 257 cm³/mol. The molecule has 0 aromatic rings. The first-order chi connectivity index (χ1) is 30.3. The Bertz CT molecular complexity index is 1420. The summed E-state index contributed by atoms with van der Waals surface area (Å²) in [5.41, 5.74) is 0. The first kappa shape index (κ1) is 56.3. The van der Waals surface area contributed by atoms with Crippen LogP contribution in [0.4, 0.5) is 0 Å². The van der Waals surface area contributed by atoms with E-state index in [2.05, 4.69) is 141 Å². The van der Waals surface area contributed by atoms with Gasteiger partial charge in [0.25, 0.3) is 0 Å². The number of nitrogens with one attached hydrogen (secondary N) is 1. The molecule has 6 N–H and O–H groups in total. The maximum atomic E-state index is 12.9. The average molecular weight is 862 g/mol. The van der Waals surface area contributed by atoms with E-state index in [1.807, 2.05) is 6.08 Å². The van der Waals surface area contributed by atoms with Crippen molar-refractivity contribution in [2.45, 2.75) is 179 Å². The van der Waals surface area contributed by atoms with Crippen molar-refractivity contribution in [1.82, 2.24) is 5.32 Å². The normalized spacial score (nSPS) is 21.6. The fourth-order valence-corrected chi connectivity index (χ4v) is 6.24. The second-order valence-electron chi connectivity index (χ2n) is 15.5. The second kappa shape index (κ2) is 41.3. The van der Waals surface area contributed by atoms with Crippen LogP contribution in [0.2, 0.25) is 0 Å². The van der Waals surface area contributed by atoms with E-state index in [1.54, 1.807) is 6.08 Å². The molecule has 348 valence electrons. The van der Waals surface area contributed by atoms with Gasteiger partial charge in [-0.15, -0.1) is 0 Å². The molecule has 62 heavy (non-hydrogen) atoms. The Morgan fingerprint density at radius 2 is 1.00 bits per heavy atom. The van der Waals surface area contributed by atoms with Crippen LogP contribution in [0.1, 0.15) is 136 Å². The van der Waals surface area contributed by atoms with Crippen LogP contribution in [0.25, 0.3) is 0 Å². The molecule has 1 aliphatic rings. The Morgan fingerprint density at radius 1 is 0.565 bits per heavy atom. The molecule has 1 heterocycles. The standard InChI is InChI=1S/C53H83NO8/c1-3-5-7-9-11-12-13-14-15-16-17-18-19-20-21-22-23-24-25-26-27-28-29-30-31-32-33-34-35-36-37-39-41-43-49(57)54-46(47(56)42-40-38-10-8-6-4-2)45-61-53-52(60)51(59)50(58)48(44-55)62-53/h5,7,11-12,14-15,17-18,20-21,23-24,26-27,29-30,32-33,35-36,40,42,46-48,50-53,55-56,58-60H,3-4,6,8-10,13,16,19,22,25,28,31,34,37-39,41,43-45H2,1-2H3,(H,54,57)/b7-5-,12-11-,15-14-,18-17-,21-20-,24-23-,27-26-,30-29-,33-32-,36-35-,42-40+. The van der Waals surface area contributed by atoms with Gasteiger partial charge >= 0.3 is 0 Å². The van der Waals surface area contributed by atoms with Crippen LogP contribution in [-0.4, -0.2) is 87.5 Å². The molecule has 9 heteroatoms. The van der Waals surface area contributed by atoms with Gasteiger partial charge < -0.3 is 40.3 Å². The maximum absolute atomic E-state index is 12.9. The van der Waals surface area contributed by atoms with Gasteiger partial charge in [-0.05, 0) is 96.3 Å². The number of aliphatic hydroxyl groups is 5. The summed E-state index contributed by atoms with van der Waals surface area (Å²) in [5.74, 6) is -0.233. The Labute approximate surface area is 375 Å². The zero-order valence-electron chi connectivity index (χ0n) is 38.1. The highest BCUT2D eigenvalue weighted by molar-refractivity contribution is 5.76. The van der Waals surface area contributed by atoms with Gasteiger partial charge in [-0.3, -0.25) is 4.79 Å². The number of rotatable bonds is 36. The topological polar surface area (TPSA) is 149 Å². The largest absolute Gasteiger partial charge is 0.394 e. The molecule has 1 fully saturated rings. The van der Waals surface area contributed by atoms with E-state index >= 15 is 0 Å². The Balaban J connectivity index is 2.22. The minimum atomic E-state index is -1.58. The smallest absolute Gasteiger partial charge is 0.220 e. The quantitative estimate of drug-likeness (QED) is 0.0269. The van der Waals surface area contributed by atoms with Crippen molar-refractivity contribution in [3.05, 3.63) is 134 Å². The van der Waals surface area contributed by atoms with E-state index in [1.165, 1.54) is 0 Å². The van der Waals surface area contributed by atoms with Crippen LogP contribution in [0, 0.1) is 0 Å². The van der Waals surface area contributed by atoms with Crippen molar-refractivity contribution < 1.29 is 39.8 Å². The lowest BCUT2D eigenvalue weighted by atomic mass is 9.99. The van der Waals surface area contributed by atoms with Crippen LogP contribution >= 0.6 is 0 Å². The summed E-state index contributed by atoms with van der Waals surface area (Å²) in [6, 6.07) is -0.834. The molecule has 1 aliphatic heterocycles. The molecule has 9 nitrogen and oxygen atoms in total. The SMILES string of the molecule is CC/C=C\C/C=C\C/C=C\C/C=C\C/C=C\C/C=C\C/C=C\C/C=C\C/C=C\C/C=C\CCCCC(=O)NC(COC1OC(CO)C(O)C(O)C1O)C(O)/C=C/CCCCCC. The fraction of sp³-hybridized carbons (Fsp3) is 0.566. The number of amides is 1. The highest BCUT2D eigenvalue weighted by atomic mass is 16.7. The van der Waals surface area contributed by atoms with Crippen LogP contribution in [0.15, 0.2) is 134 Å². The highest BCUT2D eigenvalue weighted by Gasteiger charge is 2.44. The van der Waals surface area contributed by atoms with Gasteiger partial charge in [-0.1, -0.05) is 167 Å². The van der Waals surface area contributed by atoms with Crippen LogP contribution in [-0.2, 0) is 14.3 Å². The number of aliphatic hydroxyl groups excluding tert-OH is 5. The number of unbranched alkanes of at least 4 members (excludes halogenated alkanes) is 6. The van der Waals surface area contributed by atoms with Gasteiger partial charge in [-0.25, -0.2) is 0 Å². The lowest BCUT2D eigenvalue weighted by Gasteiger charge is -2.40. The number of hydrogen-bond donors (Lipinski definition) is 6. The van der Waals surface area contributed by atoms with Gasteiger partial charge in [0, 0.05) is 6.42 Å². The summed E-state index contributed by atoms with van der Waals surface area (Å²) >= 11 is 0. The van der Waals surface area contributed by atoms with Gasteiger partial charge in [0.15, 0.2) is 6.29 Å². The molecular weight excluding hydrogens is 779 g/mol. The molecule has 7 atom stereocenters. The molecule has 0 saturated carbocycles. The molecular formula is C53H83NO8. The van der Waals surface area contributed by atoms with E-state index in [0.717, 1.165) is 109 Å². The van der Waals surface area contributed by atoms with Crippen molar-refractivity contribution in [2.24, 2.45) is 0 Å². The second-order valence-corrected chi connectivity index (χ2v) is 15.5. The summed E-state index contributed by atoms with van der Waals surface area (Å²) in [5, 5.41) is 53.7. The molecule has 1 saturated heterocycles. The number of ether oxygens (including phenoxy) is 2. The van der Waals surface area contributed by atoms with Crippen LogP contribution < -0.4 is 5.32 Å². The summed E-state index contributed by atoms with van der Waals surface area (Å²) in [6.45, 7) is 3.51. The maximum Gasteiger partial charge on any atom is 0.220 e. The first-order valence-electron chi connectivity index (χ1n) is 23.4.